The van der Waals surface area contributed by atoms with E-state index in [0.717, 1.165) is 28.0 Å². The van der Waals surface area contributed by atoms with Crippen LogP contribution < -0.4 is 10.1 Å². The lowest BCUT2D eigenvalue weighted by molar-refractivity contribution is -0.126. The van der Waals surface area contributed by atoms with Gasteiger partial charge in [0.15, 0.2) is 0 Å². The standard InChI is InChI=1S/C26H36N2O4S/c1-17(2)32-24-9-7-22(8-10-24)21(6)27-26(29)23-11-13-28(14-12-23)33(30,31)25-19(4)15-18(3)16-20(25)5/h7-10,15-17,21,23H,11-14H2,1-6H3,(H,27,29). The van der Waals surface area contributed by atoms with Crippen molar-refractivity contribution >= 4 is 15.9 Å². The van der Waals surface area contributed by atoms with Gasteiger partial charge in [-0.25, -0.2) is 8.42 Å². The number of aryl methyl sites for hydroxylation is 3. The van der Waals surface area contributed by atoms with E-state index in [1.54, 1.807) is 0 Å². The number of amides is 1. The molecule has 1 N–H and O–H groups in total. The molecule has 1 aliphatic rings. The van der Waals surface area contributed by atoms with Crippen LogP contribution in [0.3, 0.4) is 0 Å². The first-order valence-electron chi connectivity index (χ1n) is 11.6. The Balaban J connectivity index is 1.60. The molecular formula is C26H36N2O4S. The molecule has 0 aliphatic carbocycles. The van der Waals surface area contributed by atoms with Gasteiger partial charge in [0.05, 0.1) is 17.0 Å². The first-order valence-corrected chi connectivity index (χ1v) is 13.1. The highest BCUT2D eigenvalue weighted by Crippen LogP contribution is 2.29. The fourth-order valence-corrected chi connectivity index (χ4v) is 6.46. The van der Waals surface area contributed by atoms with Crippen LogP contribution in [0.15, 0.2) is 41.3 Å². The molecule has 1 atom stereocenters. The van der Waals surface area contributed by atoms with Gasteiger partial charge < -0.3 is 10.1 Å². The highest BCUT2D eigenvalue weighted by molar-refractivity contribution is 7.89. The Hall–Kier alpha value is -2.38. The molecule has 0 saturated carbocycles. The van der Waals surface area contributed by atoms with Crippen molar-refractivity contribution in [3.8, 4) is 5.75 Å². The molecule has 1 amide bonds. The predicted molar refractivity (Wildman–Crippen MR) is 131 cm³/mol. The number of benzene rings is 2. The lowest BCUT2D eigenvalue weighted by atomic mass is 9.96. The number of carbonyl (C=O) groups is 1. The topological polar surface area (TPSA) is 75.7 Å². The zero-order valence-electron chi connectivity index (χ0n) is 20.5. The molecule has 1 saturated heterocycles. The molecule has 1 heterocycles. The average molecular weight is 473 g/mol. The van der Waals surface area contributed by atoms with E-state index < -0.39 is 10.0 Å². The molecule has 7 heteroatoms. The van der Waals surface area contributed by atoms with Gasteiger partial charge in [0.25, 0.3) is 0 Å². The van der Waals surface area contributed by atoms with Crippen LogP contribution in [0.25, 0.3) is 0 Å². The Morgan fingerprint density at radius 1 is 1.00 bits per heavy atom. The average Bonchev–Trinajstić information content (AvgIpc) is 2.73. The summed E-state index contributed by atoms with van der Waals surface area (Å²) < 4.78 is 33.8. The third-order valence-electron chi connectivity index (χ3n) is 6.14. The molecule has 0 radical (unpaired) electrons. The van der Waals surface area contributed by atoms with Crippen molar-refractivity contribution in [1.29, 1.82) is 0 Å². The molecule has 6 nitrogen and oxygen atoms in total. The van der Waals surface area contributed by atoms with E-state index in [2.05, 4.69) is 5.32 Å². The van der Waals surface area contributed by atoms with Crippen LogP contribution in [0.5, 0.6) is 5.75 Å². The van der Waals surface area contributed by atoms with Crippen LogP contribution in [0.1, 0.15) is 61.9 Å². The SMILES string of the molecule is Cc1cc(C)c(S(=O)(=O)N2CCC(C(=O)NC(C)c3ccc(OC(C)C)cc3)CC2)c(C)c1. The fraction of sp³-hybridized carbons (Fsp3) is 0.500. The van der Waals surface area contributed by atoms with Crippen molar-refractivity contribution in [3.63, 3.8) is 0 Å². The summed E-state index contributed by atoms with van der Waals surface area (Å²) in [6, 6.07) is 11.4. The maximum atomic E-state index is 13.3. The number of hydrogen-bond acceptors (Lipinski definition) is 4. The van der Waals surface area contributed by atoms with E-state index >= 15 is 0 Å². The minimum absolute atomic E-state index is 0.0234. The number of carbonyl (C=O) groups excluding carboxylic acids is 1. The van der Waals surface area contributed by atoms with Gasteiger partial charge in [-0.1, -0.05) is 29.8 Å². The summed E-state index contributed by atoms with van der Waals surface area (Å²) >= 11 is 0. The van der Waals surface area contributed by atoms with Gasteiger partial charge >= 0.3 is 0 Å². The highest BCUT2D eigenvalue weighted by atomic mass is 32.2. The number of hydrogen-bond donors (Lipinski definition) is 1. The first kappa shape index (κ1) is 25.2. The number of nitrogens with zero attached hydrogens (tertiary/aromatic N) is 1. The molecule has 1 aliphatic heterocycles. The van der Waals surface area contributed by atoms with E-state index in [1.165, 1.54) is 4.31 Å². The van der Waals surface area contributed by atoms with Gasteiger partial charge in [-0.05, 0) is 83.2 Å². The van der Waals surface area contributed by atoms with Crippen LogP contribution in [0.2, 0.25) is 0 Å². The summed E-state index contributed by atoms with van der Waals surface area (Å²) in [5, 5.41) is 3.09. The van der Waals surface area contributed by atoms with Crippen LogP contribution >= 0.6 is 0 Å². The van der Waals surface area contributed by atoms with Crippen LogP contribution in [0, 0.1) is 26.7 Å². The van der Waals surface area contributed by atoms with Gasteiger partial charge in [-0.2, -0.15) is 4.31 Å². The normalized spacial score (nSPS) is 16.6. The van der Waals surface area contributed by atoms with Gasteiger partial charge in [-0.3, -0.25) is 4.79 Å². The Morgan fingerprint density at radius 2 is 1.55 bits per heavy atom. The predicted octanol–water partition coefficient (Wildman–Crippen LogP) is 4.68. The van der Waals surface area contributed by atoms with Gasteiger partial charge in [0.1, 0.15) is 5.75 Å². The third-order valence-corrected chi connectivity index (χ3v) is 8.34. The molecule has 2 aromatic carbocycles. The van der Waals surface area contributed by atoms with Crippen molar-refractivity contribution in [3.05, 3.63) is 58.7 Å². The Labute approximate surface area is 198 Å². The minimum atomic E-state index is -3.58. The summed E-state index contributed by atoms with van der Waals surface area (Å²) in [5.41, 5.74) is 3.59. The molecule has 3 rings (SSSR count). The summed E-state index contributed by atoms with van der Waals surface area (Å²) in [6.45, 7) is 12.3. The highest BCUT2D eigenvalue weighted by Gasteiger charge is 2.34. The second kappa shape index (κ2) is 10.3. The fourth-order valence-electron chi connectivity index (χ4n) is 4.58. The second-order valence-corrected chi connectivity index (χ2v) is 11.2. The summed E-state index contributed by atoms with van der Waals surface area (Å²) in [5.74, 6) is 0.590. The van der Waals surface area contributed by atoms with E-state index in [-0.39, 0.29) is 24.0 Å². The van der Waals surface area contributed by atoms with E-state index in [0.29, 0.717) is 30.8 Å². The van der Waals surface area contributed by atoms with Crippen LogP contribution in [0.4, 0.5) is 0 Å². The van der Waals surface area contributed by atoms with Gasteiger partial charge in [-0.15, -0.1) is 0 Å². The van der Waals surface area contributed by atoms with Crippen LogP contribution in [-0.2, 0) is 14.8 Å². The summed E-state index contributed by atoms with van der Waals surface area (Å²) in [4.78, 5) is 13.3. The molecule has 0 aromatic heterocycles. The summed E-state index contributed by atoms with van der Waals surface area (Å²) in [6.07, 6.45) is 1.15. The first-order chi connectivity index (χ1) is 15.5. The minimum Gasteiger partial charge on any atom is -0.491 e. The lowest BCUT2D eigenvalue weighted by Gasteiger charge is -2.32. The van der Waals surface area contributed by atoms with Gasteiger partial charge in [0, 0.05) is 19.0 Å². The number of sulfonamides is 1. The zero-order chi connectivity index (χ0) is 24.3. The van der Waals surface area contributed by atoms with Crippen molar-refractivity contribution in [2.75, 3.05) is 13.1 Å². The van der Waals surface area contributed by atoms with Crippen molar-refractivity contribution in [2.45, 2.75) is 71.4 Å². The maximum Gasteiger partial charge on any atom is 0.243 e. The van der Waals surface area contributed by atoms with E-state index in [9.17, 15) is 13.2 Å². The molecule has 1 fully saturated rings. The molecule has 1 unspecified atom stereocenters. The molecule has 180 valence electrons. The lowest BCUT2D eigenvalue weighted by Crippen LogP contribution is -2.43. The smallest absolute Gasteiger partial charge is 0.243 e. The zero-order valence-corrected chi connectivity index (χ0v) is 21.3. The van der Waals surface area contributed by atoms with E-state index in [1.807, 2.05) is 77.9 Å². The Bertz CT molecular complexity index is 1060. The molecule has 33 heavy (non-hydrogen) atoms. The second-order valence-electron chi connectivity index (χ2n) is 9.37. The summed E-state index contributed by atoms with van der Waals surface area (Å²) in [7, 11) is -3.58. The molecule has 0 bridgehead atoms. The monoisotopic (exact) mass is 472 g/mol. The number of ether oxygens (including phenoxy) is 1. The maximum absolute atomic E-state index is 13.3. The quantitative estimate of drug-likeness (QED) is 0.635. The van der Waals surface area contributed by atoms with Crippen molar-refractivity contribution in [2.24, 2.45) is 5.92 Å². The van der Waals surface area contributed by atoms with Crippen molar-refractivity contribution in [1.82, 2.24) is 9.62 Å². The Morgan fingerprint density at radius 3 is 2.06 bits per heavy atom. The molecule has 2 aromatic rings. The number of rotatable bonds is 7. The van der Waals surface area contributed by atoms with Gasteiger partial charge in [0.2, 0.25) is 15.9 Å². The largest absolute Gasteiger partial charge is 0.491 e. The third kappa shape index (κ3) is 5.95. The number of nitrogens with one attached hydrogen (secondary N) is 1. The molecular weight excluding hydrogens is 436 g/mol. The van der Waals surface area contributed by atoms with E-state index in [4.69, 9.17) is 4.74 Å². The number of piperidine rings is 1. The van der Waals surface area contributed by atoms with Crippen LogP contribution in [-0.4, -0.2) is 37.8 Å². The Kier molecular flexibility index (Phi) is 7.85. The van der Waals surface area contributed by atoms with Crippen molar-refractivity contribution < 1.29 is 17.9 Å². The molecule has 0 spiro atoms.